The number of sulfonamides is 1. The number of primary sulfonamides is 1. The summed E-state index contributed by atoms with van der Waals surface area (Å²) in [5.74, 6) is 0.711. The number of para-hydroxylation sites is 1. The smallest absolute Gasteiger partial charge is 0.240 e. The Balaban J connectivity index is 2.37. The molecule has 0 atom stereocenters. The second-order valence-electron chi connectivity index (χ2n) is 4.72. The van der Waals surface area contributed by atoms with Gasteiger partial charge in [-0.05, 0) is 37.8 Å². The molecule has 1 fully saturated rings. The molecule has 0 saturated heterocycles. The fourth-order valence-corrected chi connectivity index (χ4v) is 2.75. The number of nitrogens with zero attached hydrogens (tertiary/aromatic N) is 1. The third kappa shape index (κ3) is 2.76. The highest BCUT2D eigenvalue weighted by Gasteiger charge is 2.25. The van der Waals surface area contributed by atoms with Crippen molar-refractivity contribution in [3.8, 4) is 0 Å². The minimum Gasteiger partial charge on any atom is -0.396 e. The molecule has 1 saturated carbocycles. The van der Waals surface area contributed by atoms with Crippen LogP contribution in [0, 0.1) is 5.92 Å². The third-order valence-electron chi connectivity index (χ3n) is 3.25. The second-order valence-corrected chi connectivity index (χ2v) is 6.25. The van der Waals surface area contributed by atoms with Gasteiger partial charge >= 0.3 is 0 Å². The molecule has 0 aliphatic heterocycles. The van der Waals surface area contributed by atoms with Crippen molar-refractivity contribution in [2.24, 2.45) is 11.1 Å². The van der Waals surface area contributed by atoms with Gasteiger partial charge in [-0.3, -0.25) is 0 Å². The zero-order valence-electron chi connectivity index (χ0n) is 10.5. The van der Waals surface area contributed by atoms with Crippen LogP contribution in [0.3, 0.4) is 0 Å². The molecule has 1 aromatic rings. The topological polar surface area (TPSA) is 89.4 Å². The molecule has 0 radical (unpaired) electrons. The summed E-state index contributed by atoms with van der Waals surface area (Å²) in [6, 6.07) is 4.97. The molecule has 1 aromatic carbocycles. The minimum atomic E-state index is -3.76. The Bertz CT molecular complexity index is 538. The molecule has 100 valence electrons. The molecule has 18 heavy (non-hydrogen) atoms. The number of nitrogen functional groups attached to an aromatic ring is 1. The maximum absolute atomic E-state index is 11.4. The van der Waals surface area contributed by atoms with E-state index in [2.05, 4.69) is 4.90 Å². The average Bonchev–Trinajstić information content (AvgIpc) is 3.09. The van der Waals surface area contributed by atoms with E-state index in [0.29, 0.717) is 5.92 Å². The first-order valence-electron chi connectivity index (χ1n) is 6.09. The molecule has 0 spiro atoms. The van der Waals surface area contributed by atoms with Crippen molar-refractivity contribution in [3.63, 3.8) is 0 Å². The Morgan fingerprint density at radius 1 is 1.39 bits per heavy atom. The summed E-state index contributed by atoms with van der Waals surface area (Å²) in [4.78, 5) is 2.12. The van der Waals surface area contributed by atoms with Crippen molar-refractivity contribution in [2.75, 3.05) is 23.7 Å². The number of benzene rings is 1. The van der Waals surface area contributed by atoms with Crippen LogP contribution in [0.4, 0.5) is 11.4 Å². The summed E-state index contributed by atoms with van der Waals surface area (Å²) >= 11 is 0. The summed E-state index contributed by atoms with van der Waals surface area (Å²) in [5, 5.41) is 5.16. The Labute approximate surface area is 108 Å². The molecule has 1 aliphatic rings. The first-order chi connectivity index (χ1) is 8.43. The van der Waals surface area contributed by atoms with E-state index >= 15 is 0 Å². The van der Waals surface area contributed by atoms with Crippen molar-refractivity contribution in [3.05, 3.63) is 18.2 Å². The highest BCUT2D eigenvalue weighted by molar-refractivity contribution is 7.89. The van der Waals surface area contributed by atoms with Crippen LogP contribution < -0.4 is 15.8 Å². The predicted octanol–water partition coefficient (Wildman–Crippen LogP) is 1.15. The van der Waals surface area contributed by atoms with Crippen LogP contribution in [0.25, 0.3) is 0 Å². The summed E-state index contributed by atoms with van der Waals surface area (Å²) in [6.45, 7) is 3.76. The lowest BCUT2D eigenvalue weighted by molar-refractivity contribution is 0.598. The maximum atomic E-state index is 11.4. The first-order valence-corrected chi connectivity index (χ1v) is 7.64. The summed E-state index contributed by atoms with van der Waals surface area (Å²) < 4.78 is 22.9. The highest BCUT2D eigenvalue weighted by Crippen LogP contribution is 2.34. The summed E-state index contributed by atoms with van der Waals surface area (Å²) in [5.41, 5.74) is 6.95. The normalized spacial score (nSPS) is 15.7. The Morgan fingerprint density at radius 2 is 2.06 bits per heavy atom. The first kappa shape index (κ1) is 13.2. The highest BCUT2D eigenvalue weighted by atomic mass is 32.2. The van der Waals surface area contributed by atoms with E-state index in [-0.39, 0.29) is 10.6 Å². The van der Waals surface area contributed by atoms with Crippen LogP contribution in [-0.2, 0) is 10.0 Å². The van der Waals surface area contributed by atoms with E-state index in [1.807, 2.05) is 13.0 Å². The number of rotatable bonds is 5. The van der Waals surface area contributed by atoms with Crippen LogP contribution in [0.5, 0.6) is 0 Å². The fourth-order valence-electron chi connectivity index (χ4n) is 2.07. The van der Waals surface area contributed by atoms with Gasteiger partial charge in [0.2, 0.25) is 10.0 Å². The quantitative estimate of drug-likeness (QED) is 0.785. The Morgan fingerprint density at radius 3 is 2.56 bits per heavy atom. The molecule has 0 unspecified atom stereocenters. The van der Waals surface area contributed by atoms with Crippen LogP contribution in [0.2, 0.25) is 0 Å². The number of hydrogen-bond donors (Lipinski definition) is 2. The van der Waals surface area contributed by atoms with E-state index in [0.717, 1.165) is 18.8 Å². The zero-order chi connectivity index (χ0) is 13.3. The van der Waals surface area contributed by atoms with Crippen molar-refractivity contribution < 1.29 is 8.42 Å². The fraction of sp³-hybridized carbons (Fsp3) is 0.500. The van der Waals surface area contributed by atoms with E-state index in [1.54, 1.807) is 6.07 Å². The van der Waals surface area contributed by atoms with Gasteiger partial charge in [0.15, 0.2) is 0 Å². The van der Waals surface area contributed by atoms with Gasteiger partial charge in [-0.2, -0.15) is 0 Å². The minimum absolute atomic E-state index is 0.00856. The molecule has 4 N–H and O–H groups in total. The summed E-state index contributed by atoms with van der Waals surface area (Å²) in [7, 11) is -3.76. The van der Waals surface area contributed by atoms with Gasteiger partial charge in [-0.1, -0.05) is 6.07 Å². The lowest BCUT2D eigenvalue weighted by Gasteiger charge is -2.25. The van der Waals surface area contributed by atoms with E-state index in [1.165, 1.54) is 18.9 Å². The van der Waals surface area contributed by atoms with Gasteiger partial charge < -0.3 is 10.6 Å². The molecule has 1 aliphatic carbocycles. The number of anilines is 2. The van der Waals surface area contributed by atoms with Crippen LogP contribution >= 0.6 is 0 Å². The Hall–Kier alpha value is -1.27. The van der Waals surface area contributed by atoms with Crippen LogP contribution in [0.1, 0.15) is 19.8 Å². The molecule has 0 heterocycles. The van der Waals surface area contributed by atoms with Crippen molar-refractivity contribution in [1.29, 1.82) is 0 Å². The molecule has 0 bridgehead atoms. The molecule has 0 amide bonds. The molecule has 5 nitrogen and oxygen atoms in total. The number of nitrogens with two attached hydrogens (primary N) is 2. The second kappa shape index (κ2) is 4.78. The molecule has 0 aromatic heterocycles. The summed E-state index contributed by atoms with van der Waals surface area (Å²) in [6.07, 6.45) is 2.48. The molecule has 2 rings (SSSR count). The predicted molar refractivity (Wildman–Crippen MR) is 72.8 cm³/mol. The third-order valence-corrected chi connectivity index (χ3v) is 4.22. The largest absolute Gasteiger partial charge is 0.396 e. The van der Waals surface area contributed by atoms with Gasteiger partial charge in [-0.25, -0.2) is 13.6 Å². The van der Waals surface area contributed by atoms with E-state index < -0.39 is 10.0 Å². The SMILES string of the molecule is CCN(CC1CC1)c1cccc(S(N)(=O)=O)c1N. The lowest BCUT2D eigenvalue weighted by atomic mass is 10.2. The van der Waals surface area contributed by atoms with Gasteiger partial charge in [0.25, 0.3) is 0 Å². The Kier molecular flexibility index (Phi) is 3.49. The van der Waals surface area contributed by atoms with Crippen molar-refractivity contribution in [2.45, 2.75) is 24.7 Å². The van der Waals surface area contributed by atoms with Gasteiger partial charge in [0.1, 0.15) is 4.90 Å². The van der Waals surface area contributed by atoms with Crippen molar-refractivity contribution >= 4 is 21.4 Å². The van der Waals surface area contributed by atoms with Crippen molar-refractivity contribution in [1.82, 2.24) is 0 Å². The molecular formula is C12H19N3O2S. The standard InChI is InChI=1S/C12H19N3O2S/c1-2-15(8-9-6-7-9)10-4-3-5-11(12(10)13)18(14,16)17/h3-5,9H,2,6-8,13H2,1H3,(H2,14,16,17). The van der Waals surface area contributed by atoms with Gasteiger partial charge in [0.05, 0.1) is 11.4 Å². The zero-order valence-corrected chi connectivity index (χ0v) is 11.3. The molecular weight excluding hydrogens is 250 g/mol. The maximum Gasteiger partial charge on any atom is 0.240 e. The van der Waals surface area contributed by atoms with E-state index in [4.69, 9.17) is 10.9 Å². The van der Waals surface area contributed by atoms with Crippen LogP contribution in [-0.4, -0.2) is 21.5 Å². The van der Waals surface area contributed by atoms with E-state index in [9.17, 15) is 8.42 Å². The van der Waals surface area contributed by atoms with Gasteiger partial charge in [-0.15, -0.1) is 0 Å². The average molecular weight is 269 g/mol. The van der Waals surface area contributed by atoms with Crippen LogP contribution in [0.15, 0.2) is 23.1 Å². The lowest BCUT2D eigenvalue weighted by Crippen LogP contribution is -2.27. The molecule has 6 heteroatoms. The number of hydrogen-bond acceptors (Lipinski definition) is 4. The van der Waals surface area contributed by atoms with Gasteiger partial charge in [0, 0.05) is 13.1 Å². The monoisotopic (exact) mass is 269 g/mol.